The van der Waals surface area contributed by atoms with Crippen molar-refractivity contribution in [1.29, 1.82) is 0 Å². The van der Waals surface area contributed by atoms with Gasteiger partial charge in [-0.25, -0.2) is 19.6 Å². The number of carbonyl (C=O) groups excluding carboxylic acids is 2. The summed E-state index contributed by atoms with van der Waals surface area (Å²) in [5.74, 6) is 2.00. The average molecular weight is 332 g/mol. The zero-order chi connectivity index (χ0) is 17.3. The Kier molecular flexibility index (Phi) is 7.88. The summed E-state index contributed by atoms with van der Waals surface area (Å²) < 4.78 is 0. The second-order valence-corrected chi connectivity index (χ2v) is 8.01. The van der Waals surface area contributed by atoms with Crippen molar-refractivity contribution in [3.05, 3.63) is 0 Å². The molecule has 2 saturated carbocycles. The number of unbranched alkanes of at least 4 members (excludes halogenated alkanes) is 4. The Balaban J connectivity index is 1.88. The Morgan fingerprint density at radius 1 is 0.917 bits per heavy atom. The van der Waals surface area contributed by atoms with E-state index in [1.807, 2.05) is 0 Å². The van der Waals surface area contributed by atoms with Gasteiger partial charge in [-0.15, -0.1) is 0 Å². The lowest BCUT2D eigenvalue weighted by molar-refractivity contribution is 0.167. The summed E-state index contributed by atoms with van der Waals surface area (Å²) in [5, 5.41) is 0. The minimum absolute atomic E-state index is 0.499. The summed E-state index contributed by atoms with van der Waals surface area (Å²) in [4.78, 5) is 28.3. The van der Waals surface area contributed by atoms with Crippen LogP contribution in [0.15, 0.2) is 9.98 Å². The first kappa shape index (κ1) is 19.1. The fraction of sp³-hybridized carbons (Fsp3) is 0.900. The molecule has 0 heterocycles. The number of rotatable bonds is 12. The van der Waals surface area contributed by atoms with Crippen LogP contribution >= 0.6 is 0 Å². The molecule has 4 atom stereocenters. The lowest BCUT2D eigenvalue weighted by atomic mass is 9.71. The molecule has 4 heteroatoms. The van der Waals surface area contributed by atoms with E-state index in [2.05, 4.69) is 16.9 Å². The molecule has 0 spiro atoms. The van der Waals surface area contributed by atoms with Gasteiger partial charge in [0.1, 0.15) is 0 Å². The van der Waals surface area contributed by atoms with Gasteiger partial charge in [0.25, 0.3) is 0 Å². The number of nitrogens with zero attached hydrogens (tertiary/aromatic N) is 2. The number of hydrogen-bond donors (Lipinski definition) is 0. The van der Waals surface area contributed by atoms with Crippen LogP contribution in [0.2, 0.25) is 0 Å². The van der Waals surface area contributed by atoms with Crippen molar-refractivity contribution < 1.29 is 9.59 Å². The summed E-state index contributed by atoms with van der Waals surface area (Å²) in [6, 6.07) is 0. The maximum absolute atomic E-state index is 10.5. The molecule has 4 unspecified atom stereocenters. The largest absolute Gasteiger partial charge is 0.234 e. The molecule has 0 N–H and O–H groups in total. The van der Waals surface area contributed by atoms with E-state index in [1.54, 1.807) is 12.2 Å². The molecular formula is C20H32N2O2. The molecule has 0 aromatic heterocycles. The predicted octanol–water partition coefficient (Wildman–Crippen LogP) is 4.83. The molecule has 0 amide bonds. The van der Waals surface area contributed by atoms with Gasteiger partial charge in [-0.3, -0.25) is 0 Å². The zero-order valence-corrected chi connectivity index (χ0v) is 15.1. The molecular weight excluding hydrogens is 300 g/mol. The van der Waals surface area contributed by atoms with Crippen LogP contribution in [0.4, 0.5) is 0 Å². The number of fused-ring (bicyclic) bond motifs is 2. The van der Waals surface area contributed by atoms with Crippen molar-refractivity contribution in [3.63, 3.8) is 0 Å². The van der Waals surface area contributed by atoms with Crippen molar-refractivity contribution in [2.24, 2.45) is 33.2 Å². The highest BCUT2D eigenvalue weighted by Crippen LogP contribution is 2.62. The van der Waals surface area contributed by atoms with E-state index in [-0.39, 0.29) is 0 Å². The normalized spacial score (nSPS) is 30.8. The number of aliphatic imine (C=N–C) groups is 2. The highest BCUT2D eigenvalue weighted by molar-refractivity contribution is 5.33. The van der Waals surface area contributed by atoms with Gasteiger partial charge >= 0.3 is 0 Å². The molecule has 4 nitrogen and oxygen atoms in total. The van der Waals surface area contributed by atoms with Gasteiger partial charge in [-0.2, -0.15) is 0 Å². The summed E-state index contributed by atoms with van der Waals surface area (Å²) in [7, 11) is 0. The smallest absolute Gasteiger partial charge is 0.211 e. The van der Waals surface area contributed by atoms with Crippen LogP contribution in [0.25, 0.3) is 0 Å². The zero-order valence-electron chi connectivity index (χ0n) is 15.1. The first-order valence-electron chi connectivity index (χ1n) is 9.82. The van der Waals surface area contributed by atoms with E-state index >= 15 is 0 Å². The van der Waals surface area contributed by atoms with E-state index in [4.69, 9.17) is 0 Å². The van der Waals surface area contributed by atoms with Gasteiger partial charge in [0.15, 0.2) is 0 Å². The topological polar surface area (TPSA) is 58.9 Å². The molecule has 2 rings (SSSR count). The molecule has 2 aliphatic rings. The highest BCUT2D eigenvalue weighted by atomic mass is 16.1. The minimum atomic E-state index is 0.499. The molecule has 2 aliphatic carbocycles. The molecule has 24 heavy (non-hydrogen) atoms. The first-order valence-corrected chi connectivity index (χ1v) is 9.82. The fourth-order valence-electron chi connectivity index (χ4n) is 5.44. The molecule has 2 bridgehead atoms. The third-order valence-electron chi connectivity index (χ3n) is 6.38. The Labute approximate surface area is 146 Å². The van der Waals surface area contributed by atoms with Gasteiger partial charge in [-0.1, -0.05) is 39.0 Å². The minimum Gasteiger partial charge on any atom is -0.211 e. The van der Waals surface area contributed by atoms with Gasteiger partial charge in [-0.05, 0) is 61.7 Å². The van der Waals surface area contributed by atoms with Crippen molar-refractivity contribution in [3.8, 4) is 0 Å². The molecule has 0 aromatic rings. The molecule has 0 saturated heterocycles. The third kappa shape index (κ3) is 5.13. The highest BCUT2D eigenvalue weighted by Gasteiger charge is 2.54. The molecule has 2 fully saturated rings. The van der Waals surface area contributed by atoms with Gasteiger partial charge in [0.2, 0.25) is 12.2 Å². The standard InChI is InChI=1S/C20H32N2O2/c1-2-3-4-5-6-9-20-11-17(8-7-10-21-15-23)19(13-20)18(12-20)14-22-16-24/h17-19H,2-14H2,1H3. The van der Waals surface area contributed by atoms with Gasteiger partial charge < -0.3 is 0 Å². The lowest BCUT2D eigenvalue weighted by Gasteiger charge is -2.34. The Morgan fingerprint density at radius 3 is 2.42 bits per heavy atom. The predicted molar refractivity (Wildman–Crippen MR) is 95.3 cm³/mol. The SMILES string of the molecule is CCCCCCCC12CC(CCCN=C=O)C(C1)C(CN=C=O)C2. The van der Waals surface area contributed by atoms with E-state index < -0.39 is 0 Å². The quantitative estimate of drug-likeness (QED) is 0.292. The molecule has 0 radical (unpaired) electrons. The van der Waals surface area contributed by atoms with Crippen LogP contribution in [0.1, 0.15) is 77.6 Å². The maximum atomic E-state index is 10.5. The van der Waals surface area contributed by atoms with Crippen LogP contribution in [0.5, 0.6) is 0 Å². The van der Waals surface area contributed by atoms with Crippen LogP contribution in [-0.2, 0) is 9.59 Å². The van der Waals surface area contributed by atoms with E-state index in [0.29, 0.717) is 30.3 Å². The molecule has 134 valence electrons. The van der Waals surface area contributed by atoms with Crippen LogP contribution in [0.3, 0.4) is 0 Å². The lowest BCUT2D eigenvalue weighted by Crippen LogP contribution is -2.26. The summed E-state index contributed by atoms with van der Waals surface area (Å²) in [5.41, 5.74) is 0.499. The van der Waals surface area contributed by atoms with Gasteiger partial charge in [0.05, 0.1) is 13.1 Å². The van der Waals surface area contributed by atoms with Crippen LogP contribution in [0, 0.1) is 23.2 Å². The second-order valence-electron chi connectivity index (χ2n) is 8.01. The van der Waals surface area contributed by atoms with E-state index in [0.717, 1.165) is 18.8 Å². The summed E-state index contributed by atoms with van der Waals surface area (Å²) in [6.07, 6.45) is 17.4. The van der Waals surface area contributed by atoms with Crippen molar-refractivity contribution in [2.75, 3.05) is 13.1 Å². The van der Waals surface area contributed by atoms with Crippen molar-refractivity contribution in [1.82, 2.24) is 0 Å². The van der Waals surface area contributed by atoms with Gasteiger partial charge in [0, 0.05) is 0 Å². The first-order chi connectivity index (χ1) is 11.7. The molecule has 0 aromatic carbocycles. The van der Waals surface area contributed by atoms with E-state index in [9.17, 15) is 9.59 Å². The van der Waals surface area contributed by atoms with Crippen LogP contribution in [-0.4, -0.2) is 25.2 Å². The second kappa shape index (κ2) is 9.91. The number of hydrogen-bond acceptors (Lipinski definition) is 4. The third-order valence-corrected chi connectivity index (χ3v) is 6.38. The van der Waals surface area contributed by atoms with Crippen LogP contribution < -0.4 is 0 Å². The Morgan fingerprint density at radius 2 is 1.67 bits per heavy atom. The van der Waals surface area contributed by atoms with E-state index in [1.165, 1.54) is 57.8 Å². The molecule has 0 aliphatic heterocycles. The number of isocyanates is 2. The van der Waals surface area contributed by atoms with Crippen molar-refractivity contribution in [2.45, 2.75) is 77.6 Å². The average Bonchev–Trinajstić information content (AvgIpc) is 3.12. The van der Waals surface area contributed by atoms with Crippen molar-refractivity contribution >= 4 is 12.2 Å². The monoisotopic (exact) mass is 332 g/mol. The Bertz CT molecular complexity index is 480. The maximum Gasteiger partial charge on any atom is 0.234 e. The fourth-order valence-corrected chi connectivity index (χ4v) is 5.44. The summed E-state index contributed by atoms with van der Waals surface area (Å²) >= 11 is 0. The Hall–Kier alpha value is -1.24. The summed E-state index contributed by atoms with van der Waals surface area (Å²) in [6.45, 7) is 3.53.